The number of fused-ring (bicyclic) bond motifs is 5. The lowest BCUT2D eigenvalue weighted by molar-refractivity contribution is -0.0760. The fourth-order valence-electron chi connectivity index (χ4n) is 6.78. The van der Waals surface area contributed by atoms with Crippen molar-refractivity contribution >= 4 is 0 Å². The van der Waals surface area contributed by atoms with E-state index in [4.69, 9.17) is 0 Å². The largest absolute Gasteiger partial charge is 0.389 e. The van der Waals surface area contributed by atoms with Gasteiger partial charge < -0.3 is 5.11 Å². The SMILES string of the molecule is C[C@@]12CCC[C@H]1[C@@H]1CCC3CC(O)C=C[C@]3(C)[C@@H]1CC2. The third kappa shape index (κ3) is 1.71. The molecule has 3 fully saturated rings. The van der Waals surface area contributed by atoms with E-state index in [-0.39, 0.29) is 6.10 Å². The highest BCUT2D eigenvalue weighted by molar-refractivity contribution is 5.16. The average molecular weight is 274 g/mol. The number of aliphatic hydroxyl groups excluding tert-OH is 1. The van der Waals surface area contributed by atoms with Crippen LogP contribution in [0.1, 0.15) is 65.2 Å². The van der Waals surface area contributed by atoms with Crippen molar-refractivity contribution in [2.24, 2.45) is 34.5 Å². The molecule has 0 bridgehead atoms. The van der Waals surface area contributed by atoms with Crippen LogP contribution < -0.4 is 0 Å². The first-order chi connectivity index (χ1) is 9.53. The number of hydrogen-bond acceptors (Lipinski definition) is 1. The van der Waals surface area contributed by atoms with Gasteiger partial charge in [0, 0.05) is 0 Å². The fourth-order valence-corrected chi connectivity index (χ4v) is 6.78. The molecule has 0 saturated heterocycles. The van der Waals surface area contributed by atoms with Crippen LogP contribution in [0.3, 0.4) is 0 Å². The Morgan fingerprint density at radius 2 is 1.85 bits per heavy atom. The first-order valence-corrected chi connectivity index (χ1v) is 8.90. The summed E-state index contributed by atoms with van der Waals surface area (Å²) in [4.78, 5) is 0. The third-order valence-corrected chi connectivity index (χ3v) is 7.95. The summed E-state index contributed by atoms with van der Waals surface area (Å²) in [6.07, 6.45) is 15.5. The van der Waals surface area contributed by atoms with Gasteiger partial charge in [-0.15, -0.1) is 0 Å². The smallest absolute Gasteiger partial charge is 0.0724 e. The van der Waals surface area contributed by atoms with Gasteiger partial charge in [0.05, 0.1) is 6.10 Å². The van der Waals surface area contributed by atoms with Crippen molar-refractivity contribution in [2.75, 3.05) is 0 Å². The molecule has 0 heterocycles. The van der Waals surface area contributed by atoms with Crippen LogP contribution in [0.4, 0.5) is 0 Å². The van der Waals surface area contributed by atoms with Crippen molar-refractivity contribution in [2.45, 2.75) is 71.3 Å². The summed E-state index contributed by atoms with van der Waals surface area (Å²) < 4.78 is 0. The molecule has 0 aromatic rings. The standard InChI is InChI=1S/C19H30O/c1-18-9-3-4-16(18)15-6-5-13-12-14(20)7-11-19(13,2)17(15)8-10-18/h7,11,13-17,20H,3-6,8-10,12H2,1-2H3/t13?,14?,15-,16-,17+,18-,19-/m0/s1. The quantitative estimate of drug-likeness (QED) is 0.642. The van der Waals surface area contributed by atoms with E-state index in [9.17, 15) is 5.11 Å². The Morgan fingerprint density at radius 3 is 2.70 bits per heavy atom. The van der Waals surface area contributed by atoms with Crippen LogP contribution in [0.25, 0.3) is 0 Å². The molecule has 2 unspecified atom stereocenters. The Kier molecular flexibility index (Phi) is 2.91. The second-order valence-corrected chi connectivity index (χ2v) is 8.76. The highest BCUT2D eigenvalue weighted by atomic mass is 16.3. The van der Waals surface area contributed by atoms with Crippen LogP contribution in [-0.4, -0.2) is 11.2 Å². The van der Waals surface area contributed by atoms with Gasteiger partial charge in [-0.2, -0.15) is 0 Å². The predicted molar refractivity (Wildman–Crippen MR) is 82.3 cm³/mol. The van der Waals surface area contributed by atoms with Crippen molar-refractivity contribution in [1.82, 2.24) is 0 Å². The molecule has 1 nitrogen and oxygen atoms in total. The maximum Gasteiger partial charge on any atom is 0.0724 e. The average Bonchev–Trinajstić information content (AvgIpc) is 2.81. The van der Waals surface area contributed by atoms with E-state index in [1.807, 2.05) is 0 Å². The molecule has 3 saturated carbocycles. The van der Waals surface area contributed by atoms with Gasteiger partial charge in [-0.1, -0.05) is 32.4 Å². The lowest BCUT2D eigenvalue weighted by Crippen LogP contribution is -2.51. The third-order valence-electron chi connectivity index (χ3n) is 7.95. The van der Waals surface area contributed by atoms with E-state index >= 15 is 0 Å². The Labute approximate surface area is 123 Å². The van der Waals surface area contributed by atoms with E-state index in [0.717, 1.165) is 30.1 Å². The number of hydrogen-bond donors (Lipinski definition) is 1. The maximum atomic E-state index is 9.96. The molecule has 112 valence electrons. The van der Waals surface area contributed by atoms with Gasteiger partial charge in [0.1, 0.15) is 0 Å². The van der Waals surface area contributed by atoms with Gasteiger partial charge in [0.15, 0.2) is 0 Å². The summed E-state index contributed by atoms with van der Waals surface area (Å²) in [7, 11) is 0. The molecule has 4 aliphatic carbocycles. The Morgan fingerprint density at radius 1 is 1.00 bits per heavy atom. The minimum atomic E-state index is -0.176. The zero-order valence-electron chi connectivity index (χ0n) is 13.1. The fraction of sp³-hybridized carbons (Fsp3) is 0.895. The minimum Gasteiger partial charge on any atom is -0.389 e. The van der Waals surface area contributed by atoms with E-state index in [0.29, 0.717) is 10.8 Å². The minimum absolute atomic E-state index is 0.176. The summed E-state index contributed by atoms with van der Waals surface area (Å²) in [5.41, 5.74) is 1.05. The zero-order chi connectivity index (χ0) is 14.0. The Hall–Kier alpha value is -0.300. The number of allylic oxidation sites excluding steroid dienone is 1. The van der Waals surface area contributed by atoms with Gasteiger partial charge in [-0.05, 0) is 79.4 Å². The lowest BCUT2D eigenvalue weighted by Gasteiger charge is -2.58. The zero-order valence-corrected chi connectivity index (χ0v) is 13.1. The predicted octanol–water partition coefficient (Wildman–Crippen LogP) is 4.56. The van der Waals surface area contributed by atoms with Gasteiger partial charge in [0.25, 0.3) is 0 Å². The molecule has 0 aromatic heterocycles. The second kappa shape index (κ2) is 4.35. The molecule has 0 aliphatic heterocycles. The molecule has 7 atom stereocenters. The van der Waals surface area contributed by atoms with E-state index in [2.05, 4.69) is 26.0 Å². The summed E-state index contributed by atoms with van der Waals surface area (Å²) in [5.74, 6) is 3.59. The van der Waals surface area contributed by atoms with Crippen LogP contribution in [0.5, 0.6) is 0 Å². The van der Waals surface area contributed by atoms with E-state index in [1.54, 1.807) is 0 Å². The van der Waals surface area contributed by atoms with Crippen molar-refractivity contribution in [3.63, 3.8) is 0 Å². The van der Waals surface area contributed by atoms with E-state index < -0.39 is 0 Å². The molecule has 20 heavy (non-hydrogen) atoms. The second-order valence-electron chi connectivity index (χ2n) is 8.76. The molecule has 0 spiro atoms. The molecule has 0 aromatic carbocycles. The summed E-state index contributed by atoms with van der Waals surface area (Å²) in [5, 5.41) is 9.96. The van der Waals surface area contributed by atoms with Crippen LogP contribution in [0, 0.1) is 34.5 Å². The molecule has 4 rings (SSSR count). The van der Waals surface area contributed by atoms with Gasteiger partial charge >= 0.3 is 0 Å². The lowest BCUT2D eigenvalue weighted by atomic mass is 9.46. The first-order valence-electron chi connectivity index (χ1n) is 8.90. The molecule has 0 radical (unpaired) electrons. The monoisotopic (exact) mass is 274 g/mol. The summed E-state index contributed by atoms with van der Waals surface area (Å²) in [6, 6.07) is 0. The molecular weight excluding hydrogens is 244 g/mol. The molecule has 1 heteroatoms. The Bertz CT molecular complexity index is 427. The van der Waals surface area contributed by atoms with Gasteiger partial charge in [0.2, 0.25) is 0 Å². The summed E-state index contributed by atoms with van der Waals surface area (Å²) >= 11 is 0. The van der Waals surface area contributed by atoms with Crippen molar-refractivity contribution < 1.29 is 5.11 Å². The molecular formula is C19H30O. The van der Waals surface area contributed by atoms with E-state index in [1.165, 1.54) is 44.9 Å². The van der Waals surface area contributed by atoms with Crippen LogP contribution >= 0.6 is 0 Å². The molecule has 0 amide bonds. The van der Waals surface area contributed by atoms with Gasteiger partial charge in [-0.3, -0.25) is 0 Å². The van der Waals surface area contributed by atoms with Crippen LogP contribution in [0.2, 0.25) is 0 Å². The number of rotatable bonds is 0. The number of aliphatic hydroxyl groups is 1. The maximum absolute atomic E-state index is 9.96. The van der Waals surface area contributed by atoms with Crippen molar-refractivity contribution in [3.8, 4) is 0 Å². The van der Waals surface area contributed by atoms with Crippen LogP contribution in [0.15, 0.2) is 12.2 Å². The van der Waals surface area contributed by atoms with Crippen molar-refractivity contribution in [3.05, 3.63) is 12.2 Å². The molecule has 4 aliphatic rings. The Balaban J connectivity index is 1.67. The molecule has 1 N–H and O–H groups in total. The topological polar surface area (TPSA) is 20.2 Å². The highest BCUT2D eigenvalue weighted by Crippen LogP contribution is 2.65. The van der Waals surface area contributed by atoms with Gasteiger partial charge in [-0.25, -0.2) is 0 Å². The van der Waals surface area contributed by atoms with Crippen LogP contribution in [-0.2, 0) is 0 Å². The highest BCUT2D eigenvalue weighted by Gasteiger charge is 2.56. The summed E-state index contributed by atoms with van der Waals surface area (Å²) in [6.45, 7) is 5.09. The van der Waals surface area contributed by atoms with Crippen molar-refractivity contribution in [1.29, 1.82) is 0 Å². The normalized spacial score (nSPS) is 57.9. The first kappa shape index (κ1) is 13.4.